The topological polar surface area (TPSA) is 50.4 Å². The van der Waals surface area contributed by atoms with Crippen molar-refractivity contribution in [1.29, 1.82) is 0 Å². The molecule has 0 aliphatic heterocycles. The zero-order valence-corrected chi connectivity index (χ0v) is 11.2. The minimum atomic E-state index is 0.376. The molecular formula is C10H13Cl2N3S. The van der Waals surface area contributed by atoms with Crippen LogP contribution in [0.5, 0.6) is 0 Å². The molecule has 0 bridgehead atoms. The Kier molecular flexibility index (Phi) is 5.12. The van der Waals surface area contributed by atoms with Crippen molar-refractivity contribution in [3.8, 4) is 0 Å². The number of thiophene rings is 1. The lowest BCUT2D eigenvalue weighted by molar-refractivity contribution is 0.942. The monoisotopic (exact) mass is 277 g/mol. The third kappa shape index (κ3) is 4.43. The lowest BCUT2D eigenvalue weighted by atomic mass is 10.3. The Morgan fingerprint density at radius 1 is 1.62 bits per heavy atom. The maximum atomic E-state index is 5.95. The van der Waals surface area contributed by atoms with Crippen LogP contribution >= 0.6 is 34.5 Å². The molecule has 1 aromatic heterocycles. The van der Waals surface area contributed by atoms with Crippen molar-refractivity contribution in [2.24, 2.45) is 10.7 Å². The summed E-state index contributed by atoms with van der Waals surface area (Å²) in [6, 6.07) is 1.80. The predicted octanol–water partition coefficient (Wildman–Crippen LogP) is 3.04. The number of nitrogens with zero attached hydrogens (tertiary/aromatic N) is 1. The molecule has 1 aromatic rings. The Labute approximate surface area is 109 Å². The number of hydrogen-bond donors (Lipinski definition) is 2. The van der Waals surface area contributed by atoms with Crippen molar-refractivity contribution in [3.05, 3.63) is 32.5 Å². The van der Waals surface area contributed by atoms with Crippen LogP contribution < -0.4 is 11.1 Å². The lowest BCUT2D eigenvalue weighted by Gasteiger charge is -2.04. The average molecular weight is 278 g/mol. The van der Waals surface area contributed by atoms with E-state index in [1.165, 1.54) is 11.3 Å². The van der Waals surface area contributed by atoms with Crippen LogP contribution in [-0.2, 0) is 6.54 Å². The van der Waals surface area contributed by atoms with Crippen LogP contribution in [-0.4, -0.2) is 12.5 Å². The van der Waals surface area contributed by atoms with Gasteiger partial charge in [0.15, 0.2) is 5.96 Å². The van der Waals surface area contributed by atoms with Gasteiger partial charge in [-0.1, -0.05) is 35.4 Å². The van der Waals surface area contributed by atoms with E-state index in [-0.39, 0.29) is 0 Å². The summed E-state index contributed by atoms with van der Waals surface area (Å²) in [5.74, 6) is 0.376. The van der Waals surface area contributed by atoms with E-state index in [1.54, 1.807) is 6.07 Å². The van der Waals surface area contributed by atoms with E-state index < -0.39 is 0 Å². The van der Waals surface area contributed by atoms with Crippen LogP contribution in [0, 0.1) is 0 Å². The first-order valence-corrected chi connectivity index (χ1v) is 6.18. The van der Waals surface area contributed by atoms with Gasteiger partial charge in [0.05, 0.1) is 15.2 Å². The molecule has 88 valence electrons. The Morgan fingerprint density at radius 3 is 2.81 bits per heavy atom. The molecule has 3 nitrogen and oxygen atoms in total. The first kappa shape index (κ1) is 13.4. The Balaban J connectivity index is 2.52. The summed E-state index contributed by atoms with van der Waals surface area (Å²) >= 11 is 13.1. The van der Waals surface area contributed by atoms with Crippen molar-refractivity contribution in [2.75, 3.05) is 6.54 Å². The van der Waals surface area contributed by atoms with E-state index in [4.69, 9.17) is 28.9 Å². The fraction of sp³-hybridized carbons (Fsp3) is 0.300. The number of rotatable bonds is 4. The van der Waals surface area contributed by atoms with Crippen molar-refractivity contribution < 1.29 is 0 Å². The molecule has 0 spiro atoms. The minimum Gasteiger partial charge on any atom is -0.370 e. The van der Waals surface area contributed by atoms with E-state index in [0.717, 1.165) is 11.1 Å². The lowest BCUT2D eigenvalue weighted by Crippen LogP contribution is -2.32. The van der Waals surface area contributed by atoms with Gasteiger partial charge in [-0.05, 0) is 13.0 Å². The van der Waals surface area contributed by atoms with Crippen molar-refractivity contribution >= 4 is 40.5 Å². The number of hydrogen-bond acceptors (Lipinski definition) is 2. The third-order valence-corrected chi connectivity index (χ3v) is 3.29. The minimum absolute atomic E-state index is 0.376. The highest BCUT2D eigenvalue weighted by Crippen LogP contribution is 2.31. The first-order chi connectivity index (χ1) is 7.49. The standard InChI is InChI=1S/C10H13Cl2N3S/c1-6(2)4-14-10(13)15-5-7-3-8(11)16-9(7)12/h3H,1,4-5H2,2H3,(H3,13,14,15). The molecule has 0 unspecified atom stereocenters. The Morgan fingerprint density at radius 2 is 2.31 bits per heavy atom. The largest absolute Gasteiger partial charge is 0.370 e. The van der Waals surface area contributed by atoms with Gasteiger partial charge in [-0.3, -0.25) is 0 Å². The molecule has 0 aliphatic carbocycles. The third-order valence-electron chi connectivity index (χ3n) is 1.72. The number of guanidine groups is 1. The molecule has 3 N–H and O–H groups in total. The quantitative estimate of drug-likeness (QED) is 0.505. The van der Waals surface area contributed by atoms with Crippen LogP contribution in [0.2, 0.25) is 8.67 Å². The zero-order chi connectivity index (χ0) is 12.1. The maximum absolute atomic E-state index is 5.95. The number of nitrogens with one attached hydrogen (secondary N) is 1. The van der Waals surface area contributed by atoms with Crippen molar-refractivity contribution in [3.63, 3.8) is 0 Å². The van der Waals surface area contributed by atoms with E-state index in [0.29, 0.717) is 27.7 Å². The molecule has 0 amide bonds. The molecule has 0 saturated heterocycles. The van der Waals surface area contributed by atoms with E-state index >= 15 is 0 Å². The van der Waals surface area contributed by atoms with E-state index in [1.807, 2.05) is 6.92 Å². The van der Waals surface area contributed by atoms with Crippen LogP contribution in [0.3, 0.4) is 0 Å². The number of aliphatic imine (C=N–C) groups is 1. The van der Waals surface area contributed by atoms with Gasteiger partial charge in [0.1, 0.15) is 0 Å². The molecule has 0 atom stereocenters. The van der Waals surface area contributed by atoms with Gasteiger partial charge < -0.3 is 11.1 Å². The second kappa shape index (κ2) is 6.13. The van der Waals surface area contributed by atoms with E-state index in [2.05, 4.69) is 16.9 Å². The number of nitrogens with two attached hydrogens (primary N) is 1. The van der Waals surface area contributed by atoms with Crippen LogP contribution in [0.15, 0.2) is 23.2 Å². The summed E-state index contributed by atoms with van der Waals surface area (Å²) in [4.78, 5) is 4.15. The van der Waals surface area contributed by atoms with Gasteiger partial charge in [-0.2, -0.15) is 0 Å². The van der Waals surface area contributed by atoms with Crippen molar-refractivity contribution in [1.82, 2.24) is 5.32 Å². The summed E-state index contributed by atoms with van der Waals surface area (Å²) in [5, 5.41) is 2.93. The molecule has 0 fully saturated rings. The summed E-state index contributed by atoms with van der Waals surface area (Å²) in [6.45, 7) is 6.71. The highest BCUT2D eigenvalue weighted by atomic mass is 35.5. The summed E-state index contributed by atoms with van der Waals surface area (Å²) in [6.07, 6.45) is 0. The van der Waals surface area contributed by atoms with E-state index in [9.17, 15) is 0 Å². The normalized spacial score (nSPS) is 11.6. The molecule has 0 aliphatic rings. The molecule has 0 radical (unpaired) electrons. The summed E-state index contributed by atoms with van der Waals surface area (Å²) in [5.41, 5.74) is 7.53. The molecular weight excluding hydrogens is 265 g/mol. The molecule has 16 heavy (non-hydrogen) atoms. The Bertz CT molecular complexity index is 412. The smallest absolute Gasteiger partial charge is 0.189 e. The average Bonchev–Trinajstić information content (AvgIpc) is 2.51. The van der Waals surface area contributed by atoms with Gasteiger partial charge in [-0.15, -0.1) is 11.3 Å². The van der Waals surface area contributed by atoms with Crippen molar-refractivity contribution in [2.45, 2.75) is 13.5 Å². The van der Waals surface area contributed by atoms with Crippen LogP contribution in [0.1, 0.15) is 12.5 Å². The summed E-state index contributed by atoms with van der Waals surface area (Å²) < 4.78 is 1.31. The highest BCUT2D eigenvalue weighted by molar-refractivity contribution is 7.20. The highest BCUT2D eigenvalue weighted by Gasteiger charge is 2.04. The zero-order valence-electron chi connectivity index (χ0n) is 8.89. The second-order valence-electron chi connectivity index (χ2n) is 3.36. The van der Waals surface area contributed by atoms with Gasteiger partial charge >= 0.3 is 0 Å². The van der Waals surface area contributed by atoms with Gasteiger partial charge in [0.2, 0.25) is 0 Å². The molecule has 1 heterocycles. The molecule has 1 rings (SSSR count). The second-order valence-corrected chi connectivity index (χ2v) is 5.65. The summed E-state index contributed by atoms with van der Waals surface area (Å²) in [7, 11) is 0. The van der Waals surface area contributed by atoms with Gasteiger partial charge in [-0.25, -0.2) is 4.99 Å². The Hall–Kier alpha value is -0.710. The fourth-order valence-electron chi connectivity index (χ4n) is 0.950. The fourth-order valence-corrected chi connectivity index (χ4v) is 2.42. The number of halogens is 2. The predicted molar refractivity (Wildman–Crippen MR) is 72.5 cm³/mol. The van der Waals surface area contributed by atoms with Crippen LogP contribution in [0.4, 0.5) is 0 Å². The molecule has 0 aromatic carbocycles. The maximum Gasteiger partial charge on any atom is 0.189 e. The first-order valence-electron chi connectivity index (χ1n) is 4.61. The molecule has 6 heteroatoms. The van der Waals surface area contributed by atoms with Gasteiger partial charge in [0, 0.05) is 12.1 Å². The van der Waals surface area contributed by atoms with Gasteiger partial charge in [0.25, 0.3) is 0 Å². The SMILES string of the molecule is C=C(C)CNC(N)=NCc1cc(Cl)sc1Cl. The van der Waals surface area contributed by atoms with Crippen LogP contribution in [0.25, 0.3) is 0 Å². The molecule has 0 saturated carbocycles.